The molecule has 1 amide bonds. The third-order valence-corrected chi connectivity index (χ3v) is 3.86. The SMILES string of the molecule is COc1ccc2c(c1)C(CN1CCNCC1)C(=O)N2. The summed E-state index contributed by atoms with van der Waals surface area (Å²) in [7, 11) is 1.65. The lowest BCUT2D eigenvalue weighted by Crippen LogP contribution is -2.45. The van der Waals surface area contributed by atoms with Crippen LogP contribution in [0.15, 0.2) is 18.2 Å². The fraction of sp³-hybridized carbons (Fsp3) is 0.500. The number of nitrogens with one attached hydrogen (secondary N) is 2. The number of fused-ring (bicyclic) bond motifs is 1. The number of carbonyl (C=O) groups is 1. The first-order chi connectivity index (χ1) is 9.28. The van der Waals surface area contributed by atoms with Gasteiger partial charge in [0.1, 0.15) is 5.75 Å². The van der Waals surface area contributed by atoms with E-state index in [1.54, 1.807) is 7.11 Å². The number of rotatable bonds is 3. The fourth-order valence-corrected chi connectivity index (χ4v) is 2.76. The quantitative estimate of drug-likeness (QED) is 0.838. The summed E-state index contributed by atoms with van der Waals surface area (Å²) in [6.45, 7) is 4.79. The van der Waals surface area contributed by atoms with Crippen LogP contribution < -0.4 is 15.4 Å². The molecule has 0 aliphatic carbocycles. The molecule has 19 heavy (non-hydrogen) atoms. The molecule has 102 valence electrons. The Hall–Kier alpha value is -1.59. The minimum Gasteiger partial charge on any atom is -0.497 e. The van der Waals surface area contributed by atoms with Gasteiger partial charge in [0.15, 0.2) is 0 Å². The molecule has 0 saturated carbocycles. The molecule has 5 nitrogen and oxygen atoms in total. The van der Waals surface area contributed by atoms with Crippen LogP contribution in [0.4, 0.5) is 5.69 Å². The van der Waals surface area contributed by atoms with E-state index < -0.39 is 0 Å². The van der Waals surface area contributed by atoms with Crippen molar-refractivity contribution in [1.29, 1.82) is 0 Å². The summed E-state index contributed by atoms with van der Waals surface area (Å²) >= 11 is 0. The van der Waals surface area contributed by atoms with Crippen LogP contribution in [0.5, 0.6) is 5.75 Å². The Bertz CT molecular complexity index is 484. The fourth-order valence-electron chi connectivity index (χ4n) is 2.76. The molecule has 1 unspecified atom stereocenters. The number of amides is 1. The Morgan fingerprint density at radius 1 is 1.37 bits per heavy atom. The molecule has 1 fully saturated rings. The maximum Gasteiger partial charge on any atom is 0.233 e. The lowest BCUT2D eigenvalue weighted by molar-refractivity contribution is -0.117. The monoisotopic (exact) mass is 261 g/mol. The second-order valence-electron chi connectivity index (χ2n) is 5.05. The number of benzene rings is 1. The molecule has 3 rings (SSSR count). The molecule has 2 heterocycles. The van der Waals surface area contributed by atoms with Crippen LogP contribution in [0, 0.1) is 0 Å². The van der Waals surface area contributed by atoms with Gasteiger partial charge in [0, 0.05) is 38.4 Å². The molecule has 0 aromatic heterocycles. The van der Waals surface area contributed by atoms with Crippen LogP contribution in [0.1, 0.15) is 11.5 Å². The van der Waals surface area contributed by atoms with Crippen molar-refractivity contribution < 1.29 is 9.53 Å². The normalized spacial score (nSPS) is 23.0. The number of nitrogens with zero attached hydrogens (tertiary/aromatic N) is 1. The van der Waals surface area contributed by atoms with E-state index in [2.05, 4.69) is 15.5 Å². The first kappa shape index (κ1) is 12.4. The molecule has 2 aliphatic heterocycles. The molecular formula is C14H19N3O2. The van der Waals surface area contributed by atoms with Crippen molar-refractivity contribution >= 4 is 11.6 Å². The van der Waals surface area contributed by atoms with Crippen molar-refractivity contribution in [2.75, 3.05) is 45.2 Å². The highest BCUT2D eigenvalue weighted by Crippen LogP contribution is 2.35. The molecule has 0 radical (unpaired) electrons. The maximum absolute atomic E-state index is 12.1. The average molecular weight is 261 g/mol. The summed E-state index contributed by atoms with van der Waals surface area (Å²) in [5.74, 6) is 0.825. The molecule has 0 spiro atoms. The highest BCUT2D eigenvalue weighted by molar-refractivity contribution is 6.03. The van der Waals surface area contributed by atoms with Crippen molar-refractivity contribution in [3.05, 3.63) is 23.8 Å². The van der Waals surface area contributed by atoms with Gasteiger partial charge in [-0.25, -0.2) is 0 Å². The van der Waals surface area contributed by atoms with E-state index in [0.29, 0.717) is 0 Å². The van der Waals surface area contributed by atoms with Gasteiger partial charge in [-0.15, -0.1) is 0 Å². The zero-order valence-electron chi connectivity index (χ0n) is 11.1. The minimum absolute atomic E-state index is 0.0804. The number of anilines is 1. The number of carbonyl (C=O) groups excluding carboxylic acids is 1. The van der Waals surface area contributed by atoms with Crippen LogP contribution in [-0.4, -0.2) is 50.6 Å². The smallest absolute Gasteiger partial charge is 0.233 e. The first-order valence-corrected chi connectivity index (χ1v) is 6.70. The summed E-state index contributed by atoms with van der Waals surface area (Å²) in [5.41, 5.74) is 1.98. The van der Waals surface area contributed by atoms with Gasteiger partial charge in [-0.1, -0.05) is 0 Å². The predicted octanol–water partition coefficient (Wildman–Crippen LogP) is 0.636. The van der Waals surface area contributed by atoms with E-state index in [0.717, 1.165) is 49.7 Å². The third kappa shape index (κ3) is 2.43. The van der Waals surface area contributed by atoms with Crippen molar-refractivity contribution in [2.45, 2.75) is 5.92 Å². The number of ether oxygens (including phenoxy) is 1. The van der Waals surface area contributed by atoms with Crippen LogP contribution in [0.25, 0.3) is 0 Å². The summed E-state index contributed by atoms with van der Waals surface area (Å²) in [6.07, 6.45) is 0. The van der Waals surface area contributed by atoms with Crippen LogP contribution in [0.3, 0.4) is 0 Å². The lowest BCUT2D eigenvalue weighted by Gasteiger charge is -2.29. The van der Waals surface area contributed by atoms with E-state index in [-0.39, 0.29) is 11.8 Å². The Kier molecular flexibility index (Phi) is 3.40. The van der Waals surface area contributed by atoms with E-state index in [9.17, 15) is 4.79 Å². The Morgan fingerprint density at radius 2 is 2.16 bits per heavy atom. The molecular weight excluding hydrogens is 242 g/mol. The molecule has 2 aliphatic rings. The maximum atomic E-state index is 12.1. The highest BCUT2D eigenvalue weighted by atomic mass is 16.5. The molecule has 1 aromatic carbocycles. The molecule has 1 atom stereocenters. The van der Waals surface area contributed by atoms with Crippen LogP contribution in [0.2, 0.25) is 0 Å². The molecule has 0 bridgehead atoms. The van der Waals surface area contributed by atoms with Crippen molar-refractivity contribution in [2.24, 2.45) is 0 Å². The van der Waals surface area contributed by atoms with Gasteiger partial charge in [-0.05, 0) is 23.8 Å². The number of methoxy groups -OCH3 is 1. The van der Waals surface area contributed by atoms with E-state index in [1.807, 2.05) is 18.2 Å². The van der Waals surface area contributed by atoms with Crippen LogP contribution in [-0.2, 0) is 4.79 Å². The molecule has 5 heteroatoms. The lowest BCUT2D eigenvalue weighted by atomic mass is 9.99. The second kappa shape index (κ2) is 5.19. The van der Waals surface area contributed by atoms with Gasteiger partial charge in [0.2, 0.25) is 5.91 Å². The van der Waals surface area contributed by atoms with Gasteiger partial charge in [0.25, 0.3) is 0 Å². The van der Waals surface area contributed by atoms with Crippen molar-refractivity contribution in [3.63, 3.8) is 0 Å². The van der Waals surface area contributed by atoms with Gasteiger partial charge in [-0.3, -0.25) is 9.69 Å². The standard InChI is InChI=1S/C14H19N3O2/c1-19-10-2-3-13-11(8-10)12(14(18)16-13)9-17-6-4-15-5-7-17/h2-3,8,12,15H,4-7,9H2,1H3,(H,16,18). The first-order valence-electron chi connectivity index (χ1n) is 6.70. The Labute approximate surface area is 112 Å². The average Bonchev–Trinajstić information content (AvgIpc) is 2.76. The number of hydrogen-bond donors (Lipinski definition) is 2. The van der Waals surface area contributed by atoms with Crippen molar-refractivity contribution in [3.8, 4) is 5.75 Å². The Balaban J connectivity index is 1.80. The van der Waals surface area contributed by atoms with Crippen molar-refractivity contribution in [1.82, 2.24) is 10.2 Å². The topological polar surface area (TPSA) is 53.6 Å². The zero-order chi connectivity index (χ0) is 13.2. The summed E-state index contributed by atoms with van der Waals surface area (Å²) in [5, 5.41) is 6.28. The van der Waals surface area contributed by atoms with E-state index in [4.69, 9.17) is 4.74 Å². The predicted molar refractivity (Wildman–Crippen MR) is 73.7 cm³/mol. The number of hydrogen-bond acceptors (Lipinski definition) is 4. The Morgan fingerprint density at radius 3 is 2.89 bits per heavy atom. The second-order valence-corrected chi connectivity index (χ2v) is 5.05. The van der Waals surface area contributed by atoms with Gasteiger partial charge < -0.3 is 15.4 Å². The molecule has 1 aromatic rings. The van der Waals surface area contributed by atoms with Crippen LogP contribution >= 0.6 is 0 Å². The van der Waals surface area contributed by atoms with E-state index >= 15 is 0 Å². The van der Waals surface area contributed by atoms with Gasteiger partial charge in [-0.2, -0.15) is 0 Å². The van der Waals surface area contributed by atoms with E-state index in [1.165, 1.54) is 0 Å². The largest absolute Gasteiger partial charge is 0.497 e. The zero-order valence-corrected chi connectivity index (χ0v) is 11.1. The summed E-state index contributed by atoms with van der Waals surface area (Å²) in [4.78, 5) is 14.5. The minimum atomic E-state index is -0.0804. The summed E-state index contributed by atoms with van der Waals surface area (Å²) < 4.78 is 5.25. The number of piperazine rings is 1. The third-order valence-electron chi connectivity index (χ3n) is 3.86. The molecule has 1 saturated heterocycles. The van der Waals surface area contributed by atoms with Gasteiger partial charge in [0.05, 0.1) is 13.0 Å². The molecule has 2 N–H and O–H groups in total. The summed E-state index contributed by atoms with van der Waals surface area (Å²) in [6, 6.07) is 5.77. The van der Waals surface area contributed by atoms with Gasteiger partial charge >= 0.3 is 0 Å². The highest BCUT2D eigenvalue weighted by Gasteiger charge is 2.32.